The van der Waals surface area contributed by atoms with Crippen LogP contribution in [0.25, 0.3) is 0 Å². The largest absolute Gasteiger partial charge is 0.399 e. The van der Waals surface area contributed by atoms with Gasteiger partial charge in [0.05, 0.1) is 0 Å². The first-order chi connectivity index (χ1) is 4.16. The summed E-state index contributed by atoms with van der Waals surface area (Å²) in [5, 5.41) is 0. The maximum Gasteiger partial charge on any atom is 0.0279 e. The average molecular weight is 143 g/mol. The van der Waals surface area contributed by atoms with Crippen LogP contribution in [-0.2, 0) is 0 Å². The van der Waals surface area contributed by atoms with Crippen molar-refractivity contribution in [3.8, 4) is 0 Å². The van der Waals surface area contributed by atoms with Crippen LogP contribution in [0.15, 0.2) is 35.9 Å². The number of rotatable bonds is 3. The Morgan fingerprint density at radius 2 is 2.00 bits per heavy atom. The van der Waals surface area contributed by atoms with Crippen molar-refractivity contribution in [2.24, 2.45) is 5.73 Å². The van der Waals surface area contributed by atoms with Gasteiger partial charge in [0.15, 0.2) is 0 Å². The molecule has 0 fully saturated rings. The number of nitrogens with two attached hydrogens (primary N) is 1. The summed E-state index contributed by atoms with van der Waals surface area (Å²) in [4.78, 5) is 0.543. The van der Waals surface area contributed by atoms with Gasteiger partial charge in [-0.2, -0.15) is 0 Å². The summed E-state index contributed by atoms with van der Waals surface area (Å²) in [5.41, 5.74) is 5.63. The Morgan fingerprint density at radius 3 is 2.33 bits per heavy atom. The van der Waals surface area contributed by atoms with Gasteiger partial charge in [-0.25, -0.2) is 0 Å². The van der Waals surface area contributed by atoms with E-state index >= 15 is 0 Å². The lowest BCUT2D eigenvalue weighted by atomic mass is 10.4. The van der Waals surface area contributed by atoms with E-state index < -0.39 is 0 Å². The minimum atomic E-state index is 0.449. The zero-order chi connectivity index (χ0) is 7.28. The topological polar surface area (TPSA) is 46.2 Å². The van der Waals surface area contributed by atoms with Crippen molar-refractivity contribution in [3.05, 3.63) is 35.9 Å². The standard InChI is InChI=1S/C6H9NOS/c1-5(7)3-4-6(2)9-8/h3-4,8H,1-2,7H2/b4-3-. The zero-order valence-corrected chi connectivity index (χ0v) is 5.82. The first-order valence-electron chi connectivity index (χ1n) is 2.29. The molecule has 9 heavy (non-hydrogen) atoms. The average Bonchev–Trinajstić information content (AvgIpc) is 1.83. The molecule has 3 N–H and O–H groups in total. The van der Waals surface area contributed by atoms with E-state index in [9.17, 15) is 0 Å². The maximum absolute atomic E-state index is 8.34. The molecule has 0 rings (SSSR count). The van der Waals surface area contributed by atoms with Gasteiger partial charge < -0.3 is 10.3 Å². The molecule has 0 radical (unpaired) electrons. The molecule has 0 aliphatic heterocycles. The number of hydrogen-bond acceptors (Lipinski definition) is 3. The Labute approximate surface area is 59.0 Å². The second-order valence-corrected chi connectivity index (χ2v) is 2.17. The minimum absolute atomic E-state index is 0.449. The quantitative estimate of drug-likeness (QED) is 0.467. The number of allylic oxidation sites excluding steroid dienone is 2. The van der Waals surface area contributed by atoms with E-state index in [1.165, 1.54) is 0 Å². The van der Waals surface area contributed by atoms with Crippen molar-refractivity contribution >= 4 is 12.0 Å². The van der Waals surface area contributed by atoms with Gasteiger partial charge in [0.2, 0.25) is 0 Å². The fraction of sp³-hybridized carbons (Fsp3) is 0. The fourth-order valence-electron chi connectivity index (χ4n) is 0.230. The molecular weight excluding hydrogens is 134 g/mol. The van der Waals surface area contributed by atoms with Gasteiger partial charge in [-0.05, 0) is 12.2 Å². The van der Waals surface area contributed by atoms with Gasteiger partial charge >= 0.3 is 0 Å². The third-order valence-corrected chi connectivity index (χ3v) is 0.971. The van der Waals surface area contributed by atoms with E-state index in [1.54, 1.807) is 12.2 Å². The second kappa shape index (κ2) is 4.23. The highest BCUT2D eigenvalue weighted by Gasteiger charge is 1.82. The van der Waals surface area contributed by atoms with E-state index in [1.807, 2.05) is 0 Å². The molecule has 0 aliphatic carbocycles. The summed E-state index contributed by atoms with van der Waals surface area (Å²) in [5.74, 6) is 0. The van der Waals surface area contributed by atoms with Crippen LogP contribution < -0.4 is 5.73 Å². The summed E-state index contributed by atoms with van der Waals surface area (Å²) >= 11 is 0.589. The van der Waals surface area contributed by atoms with E-state index in [-0.39, 0.29) is 0 Å². The normalized spacial score (nSPS) is 9.89. The van der Waals surface area contributed by atoms with Crippen molar-refractivity contribution in [1.82, 2.24) is 0 Å². The van der Waals surface area contributed by atoms with Crippen molar-refractivity contribution in [2.75, 3.05) is 0 Å². The summed E-state index contributed by atoms with van der Waals surface area (Å²) in [6.45, 7) is 6.89. The summed E-state index contributed by atoms with van der Waals surface area (Å²) < 4.78 is 8.34. The highest BCUT2D eigenvalue weighted by atomic mass is 32.2. The lowest BCUT2D eigenvalue weighted by molar-refractivity contribution is 0.670. The Kier molecular flexibility index (Phi) is 3.92. The molecule has 3 heteroatoms. The molecule has 50 valence electrons. The predicted octanol–water partition coefficient (Wildman–Crippen LogP) is 1.73. The summed E-state index contributed by atoms with van der Waals surface area (Å²) in [6, 6.07) is 0. The first kappa shape index (κ1) is 8.33. The monoisotopic (exact) mass is 143 g/mol. The second-order valence-electron chi connectivity index (χ2n) is 1.47. The molecule has 0 aromatic heterocycles. The van der Waals surface area contributed by atoms with E-state index in [2.05, 4.69) is 13.2 Å². The zero-order valence-electron chi connectivity index (χ0n) is 5.00. The van der Waals surface area contributed by atoms with Crippen LogP contribution in [0.3, 0.4) is 0 Å². The van der Waals surface area contributed by atoms with E-state index in [0.717, 1.165) is 0 Å². The smallest absolute Gasteiger partial charge is 0.0279 e. The molecule has 0 heterocycles. The van der Waals surface area contributed by atoms with Gasteiger partial charge in [-0.3, -0.25) is 0 Å². The molecule has 0 saturated carbocycles. The lowest BCUT2D eigenvalue weighted by Crippen LogP contribution is -1.87. The van der Waals surface area contributed by atoms with Crippen molar-refractivity contribution in [3.63, 3.8) is 0 Å². The highest BCUT2D eigenvalue weighted by Crippen LogP contribution is 2.08. The number of hydrogen-bond donors (Lipinski definition) is 2. The van der Waals surface area contributed by atoms with Crippen molar-refractivity contribution in [1.29, 1.82) is 0 Å². The third-order valence-electron chi connectivity index (χ3n) is 0.601. The van der Waals surface area contributed by atoms with Crippen LogP contribution in [-0.4, -0.2) is 4.55 Å². The van der Waals surface area contributed by atoms with E-state index in [0.29, 0.717) is 22.6 Å². The van der Waals surface area contributed by atoms with Crippen LogP contribution in [0.1, 0.15) is 0 Å². The Morgan fingerprint density at radius 1 is 1.44 bits per heavy atom. The molecule has 0 aliphatic rings. The van der Waals surface area contributed by atoms with Crippen LogP contribution >= 0.6 is 12.0 Å². The fourth-order valence-corrected chi connectivity index (χ4v) is 0.359. The van der Waals surface area contributed by atoms with E-state index in [4.69, 9.17) is 10.3 Å². The third kappa shape index (κ3) is 5.20. The molecule has 0 aromatic rings. The molecule has 0 aromatic carbocycles. The van der Waals surface area contributed by atoms with Crippen LogP contribution in [0, 0.1) is 0 Å². The van der Waals surface area contributed by atoms with Gasteiger partial charge in [-0.1, -0.05) is 13.2 Å². The molecule has 0 atom stereocenters. The van der Waals surface area contributed by atoms with Crippen LogP contribution in [0.5, 0.6) is 0 Å². The minimum Gasteiger partial charge on any atom is -0.399 e. The maximum atomic E-state index is 8.34. The molecular formula is C6H9NOS. The summed E-state index contributed by atoms with van der Waals surface area (Å²) in [7, 11) is 0. The van der Waals surface area contributed by atoms with Gasteiger partial charge in [0.1, 0.15) is 0 Å². The van der Waals surface area contributed by atoms with Gasteiger partial charge in [-0.15, -0.1) is 0 Å². The summed E-state index contributed by atoms with van der Waals surface area (Å²) in [6.07, 6.45) is 3.17. The molecule has 0 bridgehead atoms. The van der Waals surface area contributed by atoms with Crippen molar-refractivity contribution in [2.45, 2.75) is 0 Å². The molecule has 0 spiro atoms. The highest BCUT2D eigenvalue weighted by molar-refractivity contribution is 7.97. The molecule has 0 unspecified atom stereocenters. The molecule has 2 nitrogen and oxygen atoms in total. The van der Waals surface area contributed by atoms with Crippen LogP contribution in [0.2, 0.25) is 0 Å². The predicted molar refractivity (Wildman–Crippen MR) is 41.8 cm³/mol. The van der Waals surface area contributed by atoms with Crippen LogP contribution in [0.4, 0.5) is 0 Å². The Hall–Kier alpha value is -0.670. The molecule has 0 saturated heterocycles. The van der Waals surface area contributed by atoms with Gasteiger partial charge in [0.25, 0.3) is 0 Å². The molecule has 0 amide bonds. The SMILES string of the molecule is C=C(N)/C=C\C(=C)SO. The lowest BCUT2D eigenvalue weighted by Gasteiger charge is -1.88. The Bertz CT molecular complexity index is 151. The van der Waals surface area contributed by atoms with Gasteiger partial charge in [0, 0.05) is 22.6 Å². The Balaban J connectivity index is 3.71. The first-order valence-corrected chi connectivity index (χ1v) is 3.07. The van der Waals surface area contributed by atoms with Crippen molar-refractivity contribution < 1.29 is 4.55 Å².